The Hall–Kier alpha value is -2.12. The molecule has 2 amide bonds. The van der Waals surface area contributed by atoms with Gasteiger partial charge in [-0.15, -0.1) is 0 Å². The molecular weight excluding hydrogens is 388 g/mol. The first-order valence-electron chi connectivity index (χ1n) is 10.0. The van der Waals surface area contributed by atoms with E-state index >= 15 is 0 Å². The topological polar surface area (TPSA) is 101 Å². The van der Waals surface area contributed by atoms with Crippen LogP contribution >= 0.6 is 12.2 Å². The highest BCUT2D eigenvalue weighted by molar-refractivity contribution is 7.80. The SMILES string of the molecule is CCCCC(=O)N(C(=O)C(N)CC(C)C)C(Cc1ccccc1C(C)=S)C(=O)O. The summed E-state index contributed by atoms with van der Waals surface area (Å²) >= 11 is 5.27. The Morgan fingerprint density at radius 1 is 1.21 bits per heavy atom. The lowest BCUT2D eigenvalue weighted by atomic mass is 9.96. The van der Waals surface area contributed by atoms with Gasteiger partial charge >= 0.3 is 5.97 Å². The van der Waals surface area contributed by atoms with E-state index in [9.17, 15) is 19.5 Å². The Morgan fingerprint density at radius 2 is 1.83 bits per heavy atom. The molecule has 7 heteroatoms. The van der Waals surface area contributed by atoms with Crippen molar-refractivity contribution in [1.29, 1.82) is 0 Å². The van der Waals surface area contributed by atoms with Gasteiger partial charge in [-0.1, -0.05) is 63.7 Å². The average Bonchev–Trinajstić information content (AvgIpc) is 2.65. The van der Waals surface area contributed by atoms with Crippen molar-refractivity contribution in [2.75, 3.05) is 0 Å². The van der Waals surface area contributed by atoms with Crippen molar-refractivity contribution in [2.45, 2.75) is 71.9 Å². The second-order valence-electron chi connectivity index (χ2n) is 7.71. The zero-order chi connectivity index (χ0) is 22.1. The van der Waals surface area contributed by atoms with E-state index in [1.165, 1.54) is 0 Å². The van der Waals surface area contributed by atoms with E-state index in [4.69, 9.17) is 18.0 Å². The van der Waals surface area contributed by atoms with E-state index in [-0.39, 0.29) is 18.8 Å². The van der Waals surface area contributed by atoms with Gasteiger partial charge < -0.3 is 10.8 Å². The molecule has 0 aliphatic heterocycles. The minimum atomic E-state index is -1.33. The molecule has 1 aromatic carbocycles. The summed E-state index contributed by atoms with van der Waals surface area (Å²) in [6, 6.07) is 4.93. The van der Waals surface area contributed by atoms with Crippen LogP contribution in [0.1, 0.15) is 64.5 Å². The van der Waals surface area contributed by atoms with Crippen LogP contribution in [0.3, 0.4) is 0 Å². The highest BCUT2D eigenvalue weighted by Crippen LogP contribution is 2.19. The number of hydrogen-bond acceptors (Lipinski definition) is 5. The first-order chi connectivity index (χ1) is 13.6. The van der Waals surface area contributed by atoms with Gasteiger partial charge in [-0.25, -0.2) is 4.79 Å². The number of thiocarbonyl (C=S) groups is 1. The Balaban J connectivity index is 3.32. The van der Waals surface area contributed by atoms with Crippen LogP contribution in [0.25, 0.3) is 0 Å². The van der Waals surface area contributed by atoms with E-state index in [2.05, 4.69) is 0 Å². The standard InChI is InChI=1S/C22H32N2O4S/c1-5-6-11-20(25)24(21(26)18(23)12-14(2)3)19(22(27)28)13-16-9-7-8-10-17(16)15(4)29/h7-10,14,18-19H,5-6,11-13,23H2,1-4H3,(H,27,28). The first-order valence-corrected chi connectivity index (χ1v) is 10.4. The van der Waals surface area contributed by atoms with Crippen molar-refractivity contribution < 1.29 is 19.5 Å². The second-order valence-corrected chi connectivity index (χ2v) is 8.33. The maximum atomic E-state index is 13.0. The lowest BCUT2D eigenvalue weighted by molar-refractivity contribution is -0.158. The minimum absolute atomic E-state index is 0.0164. The normalized spacial score (nSPS) is 13.0. The van der Waals surface area contributed by atoms with Crippen LogP contribution in [0, 0.1) is 5.92 Å². The predicted molar refractivity (Wildman–Crippen MR) is 118 cm³/mol. The van der Waals surface area contributed by atoms with Crippen LogP contribution in [0.4, 0.5) is 0 Å². The molecule has 0 bridgehead atoms. The van der Waals surface area contributed by atoms with Crippen molar-refractivity contribution in [3.8, 4) is 0 Å². The highest BCUT2D eigenvalue weighted by atomic mass is 32.1. The number of carboxylic acids is 1. The van der Waals surface area contributed by atoms with Gasteiger partial charge in [0, 0.05) is 17.7 Å². The van der Waals surface area contributed by atoms with Gasteiger partial charge in [0.1, 0.15) is 6.04 Å². The van der Waals surface area contributed by atoms with E-state index < -0.39 is 29.9 Å². The third-order valence-corrected chi connectivity index (χ3v) is 4.92. The zero-order valence-corrected chi connectivity index (χ0v) is 18.5. The van der Waals surface area contributed by atoms with Crippen molar-refractivity contribution in [1.82, 2.24) is 4.90 Å². The van der Waals surface area contributed by atoms with Crippen LogP contribution in [-0.4, -0.2) is 44.7 Å². The minimum Gasteiger partial charge on any atom is -0.480 e. The number of hydrogen-bond donors (Lipinski definition) is 2. The van der Waals surface area contributed by atoms with E-state index in [1.807, 2.05) is 32.9 Å². The number of nitrogens with two attached hydrogens (primary N) is 1. The highest BCUT2D eigenvalue weighted by Gasteiger charge is 2.37. The summed E-state index contributed by atoms with van der Waals surface area (Å²) in [6.45, 7) is 7.53. The fraction of sp³-hybridized carbons (Fsp3) is 0.545. The number of carboxylic acid groups (broad SMARTS) is 1. The number of carbonyl (C=O) groups excluding carboxylic acids is 2. The molecule has 160 valence electrons. The number of aliphatic carboxylic acids is 1. The summed E-state index contributed by atoms with van der Waals surface area (Å²) < 4.78 is 0. The van der Waals surface area contributed by atoms with E-state index in [1.54, 1.807) is 19.1 Å². The molecule has 0 aliphatic rings. The smallest absolute Gasteiger partial charge is 0.327 e. The Labute approximate surface area is 178 Å². The molecule has 0 heterocycles. The molecule has 3 N–H and O–H groups in total. The van der Waals surface area contributed by atoms with Crippen LogP contribution in [-0.2, 0) is 20.8 Å². The van der Waals surface area contributed by atoms with Crippen molar-refractivity contribution in [3.05, 3.63) is 35.4 Å². The van der Waals surface area contributed by atoms with Gasteiger partial charge in [0.15, 0.2) is 0 Å². The lowest BCUT2D eigenvalue weighted by Crippen LogP contribution is -2.55. The van der Waals surface area contributed by atoms with Crippen molar-refractivity contribution in [2.24, 2.45) is 11.7 Å². The number of rotatable bonds is 11. The third-order valence-electron chi connectivity index (χ3n) is 4.70. The summed E-state index contributed by atoms with van der Waals surface area (Å²) in [5.74, 6) is -2.23. The number of benzene rings is 1. The number of unbranched alkanes of at least 4 members (excludes halogenated alkanes) is 1. The summed E-state index contributed by atoms with van der Waals surface area (Å²) in [7, 11) is 0. The fourth-order valence-electron chi connectivity index (χ4n) is 3.23. The van der Waals surface area contributed by atoms with Crippen molar-refractivity contribution in [3.63, 3.8) is 0 Å². The summed E-state index contributed by atoms with van der Waals surface area (Å²) in [6.07, 6.45) is 1.80. The summed E-state index contributed by atoms with van der Waals surface area (Å²) in [5.41, 5.74) is 7.47. The Kier molecular flexibility index (Phi) is 10.1. The maximum absolute atomic E-state index is 13.0. The zero-order valence-electron chi connectivity index (χ0n) is 17.7. The molecule has 29 heavy (non-hydrogen) atoms. The van der Waals surface area contributed by atoms with E-state index in [0.717, 1.165) is 16.9 Å². The molecule has 0 radical (unpaired) electrons. The molecule has 1 aromatic rings. The van der Waals surface area contributed by atoms with Gasteiger partial charge in [0.05, 0.1) is 6.04 Å². The molecule has 2 atom stereocenters. The Bertz CT molecular complexity index is 748. The molecule has 0 saturated carbocycles. The molecule has 0 saturated heterocycles. The largest absolute Gasteiger partial charge is 0.480 e. The molecule has 0 aliphatic carbocycles. The number of carbonyl (C=O) groups is 3. The average molecular weight is 421 g/mol. The molecule has 0 spiro atoms. The number of amides is 2. The maximum Gasteiger partial charge on any atom is 0.327 e. The van der Waals surface area contributed by atoms with Crippen LogP contribution in [0.5, 0.6) is 0 Å². The van der Waals surface area contributed by atoms with Crippen LogP contribution < -0.4 is 5.73 Å². The van der Waals surface area contributed by atoms with Gasteiger partial charge in [-0.3, -0.25) is 14.5 Å². The molecule has 6 nitrogen and oxygen atoms in total. The van der Waals surface area contributed by atoms with Gasteiger partial charge in [0.2, 0.25) is 11.8 Å². The fourth-order valence-corrected chi connectivity index (χ4v) is 3.42. The molecular formula is C22H32N2O4S. The number of imide groups is 1. The predicted octanol–water partition coefficient (Wildman–Crippen LogP) is 3.34. The molecule has 1 rings (SSSR count). The summed E-state index contributed by atoms with van der Waals surface area (Å²) in [5, 5.41) is 9.90. The first kappa shape index (κ1) is 24.9. The van der Waals surface area contributed by atoms with Crippen LogP contribution in [0.15, 0.2) is 24.3 Å². The quantitative estimate of drug-likeness (QED) is 0.421. The summed E-state index contributed by atoms with van der Waals surface area (Å²) in [4.78, 5) is 39.5. The monoisotopic (exact) mass is 420 g/mol. The van der Waals surface area contributed by atoms with Gasteiger partial charge in [-0.05, 0) is 36.8 Å². The molecule has 2 unspecified atom stereocenters. The second kappa shape index (κ2) is 11.8. The van der Waals surface area contributed by atoms with Gasteiger partial charge in [0.25, 0.3) is 0 Å². The molecule has 0 fully saturated rings. The van der Waals surface area contributed by atoms with E-state index in [0.29, 0.717) is 23.3 Å². The van der Waals surface area contributed by atoms with Gasteiger partial charge in [-0.2, -0.15) is 0 Å². The lowest BCUT2D eigenvalue weighted by Gasteiger charge is -2.30. The van der Waals surface area contributed by atoms with Crippen LogP contribution in [0.2, 0.25) is 0 Å². The van der Waals surface area contributed by atoms with Crippen molar-refractivity contribution >= 4 is 34.9 Å². The third kappa shape index (κ3) is 7.33. The molecule has 0 aromatic heterocycles. The Morgan fingerprint density at radius 3 is 2.34 bits per heavy atom. The number of nitrogens with zero attached hydrogens (tertiary/aromatic N) is 1.